The molecule has 9 aromatic carbocycles. The van der Waals surface area contributed by atoms with Crippen molar-refractivity contribution in [3.63, 3.8) is 0 Å². The number of hydrogen-bond donors (Lipinski definition) is 0. The molecule has 2 aromatic heterocycles. The Bertz CT molecular complexity index is 3200. The summed E-state index contributed by atoms with van der Waals surface area (Å²) in [6, 6.07) is 73.5. The molecule has 0 atom stereocenters. The Kier molecular flexibility index (Phi) is 7.61. The highest BCUT2D eigenvalue weighted by Gasteiger charge is 2.19. The highest BCUT2D eigenvalue weighted by Crippen LogP contribution is 2.44. The second kappa shape index (κ2) is 13.1. The van der Waals surface area contributed by atoms with Gasteiger partial charge in [-0.3, -0.25) is 0 Å². The van der Waals surface area contributed by atoms with Crippen LogP contribution in [0.4, 0.5) is 17.1 Å². The molecular formula is C52H33NS2. The highest BCUT2D eigenvalue weighted by molar-refractivity contribution is 7.26. The Balaban J connectivity index is 1.03. The molecule has 55 heavy (non-hydrogen) atoms. The SMILES string of the molecule is c1ccc(N(c2ccc(-c3ccc4c(c3)sc3ccccc34)cc2)c2ccc(-c3cccc4ccccc34)cc2)c(-c2ccc3c(c2)sc2ccccc23)c1. The Morgan fingerprint density at radius 3 is 1.45 bits per heavy atom. The van der Waals surface area contributed by atoms with E-state index in [-0.39, 0.29) is 0 Å². The minimum absolute atomic E-state index is 1.11. The van der Waals surface area contributed by atoms with Gasteiger partial charge in [0.25, 0.3) is 0 Å². The Morgan fingerprint density at radius 2 is 0.764 bits per heavy atom. The van der Waals surface area contributed by atoms with E-state index in [1.807, 2.05) is 22.7 Å². The quantitative estimate of drug-likeness (QED) is 0.164. The van der Waals surface area contributed by atoms with Crippen molar-refractivity contribution >= 4 is 90.9 Å². The molecule has 0 bridgehead atoms. The fourth-order valence-electron chi connectivity index (χ4n) is 8.21. The van der Waals surface area contributed by atoms with E-state index in [4.69, 9.17) is 0 Å². The van der Waals surface area contributed by atoms with Crippen molar-refractivity contribution in [1.29, 1.82) is 0 Å². The molecule has 0 saturated carbocycles. The molecule has 0 amide bonds. The Morgan fingerprint density at radius 1 is 0.291 bits per heavy atom. The number of nitrogens with zero attached hydrogens (tertiary/aromatic N) is 1. The Hall–Kier alpha value is -6.52. The van der Waals surface area contributed by atoms with E-state index in [1.165, 1.54) is 84.5 Å². The summed E-state index contributed by atoms with van der Waals surface area (Å²) in [5.41, 5.74) is 10.6. The van der Waals surface area contributed by atoms with Gasteiger partial charge in [-0.25, -0.2) is 0 Å². The molecule has 0 fully saturated rings. The lowest BCUT2D eigenvalue weighted by Gasteiger charge is -2.28. The van der Waals surface area contributed by atoms with Gasteiger partial charge in [0.1, 0.15) is 0 Å². The van der Waals surface area contributed by atoms with Gasteiger partial charge in [-0.2, -0.15) is 0 Å². The molecule has 0 aliphatic rings. The first-order valence-corrected chi connectivity index (χ1v) is 20.3. The van der Waals surface area contributed by atoms with Crippen LogP contribution in [0.15, 0.2) is 200 Å². The smallest absolute Gasteiger partial charge is 0.0540 e. The zero-order valence-electron chi connectivity index (χ0n) is 29.8. The lowest BCUT2D eigenvalue weighted by Crippen LogP contribution is -2.11. The molecule has 258 valence electrons. The summed E-state index contributed by atoms with van der Waals surface area (Å²) < 4.78 is 5.28. The summed E-state index contributed by atoms with van der Waals surface area (Å²) in [7, 11) is 0. The van der Waals surface area contributed by atoms with Gasteiger partial charge in [0.15, 0.2) is 0 Å². The summed E-state index contributed by atoms with van der Waals surface area (Å²) >= 11 is 3.73. The van der Waals surface area contributed by atoms with Gasteiger partial charge in [-0.15, -0.1) is 22.7 Å². The molecule has 0 unspecified atom stereocenters. The predicted molar refractivity (Wildman–Crippen MR) is 241 cm³/mol. The minimum atomic E-state index is 1.11. The summed E-state index contributed by atoms with van der Waals surface area (Å²) in [4.78, 5) is 2.41. The highest BCUT2D eigenvalue weighted by atomic mass is 32.1. The second-order valence-electron chi connectivity index (χ2n) is 14.1. The molecule has 0 radical (unpaired) electrons. The largest absolute Gasteiger partial charge is 0.310 e. The molecule has 0 saturated heterocycles. The first kappa shape index (κ1) is 32.0. The van der Waals surface area contributed by atoms with Crippen LogP contribution in [0.25, 0.3) is 84.5 Å². The van der Waals surface area contributed by atoms with E-state index in [0.29, 0.717) is 0 Å². The molecule has 11 rings (SSSR count). The zero-order chi connectivity index (χ0) is 36.3. The molecule has 0 aliphatic heterocycles. The van der Waals surface area contributed by atoms with Crippen LogP contribution >= 0.6 is 22.7 Å². The molecule has 0 aliphatic carbocycles. The number of para-hydroxylation sites is 1. The molecule has 0 spiro atoms. The number of thiophene rings is 2. The van der Waals surface area contributed by atoms with Gasteiger partial charge in [-0.05, 0) is 93.2 Å². The van der Waals surface area contributed by atoms with Crippen LogP contribution in [-0.4, -0.2) is 0 Å². The number of hydrogen-bond acceptors (Lipinski definition) is 3. The van der Waals surface area contributed by atoms with Crippen molar-refractivity contribution in [2.24, 2.45) is 0 Å². The third-order valence-electron chi connectivity index (χ3n) is 10.9. The fraction of sp³-hybridized carbons (Fsp3) is 0. The number of fused-ring (bicyclic) bond motifs is 7. The molecule has 11 aromatic rings. The van der Waals surface area contributed by atoms with E-state index in [1.54, 1.807) is 0 Å². The molecule has 3 heteroatoms. The van der Waals surface area contributed by atoms with E-state index in [0.717, 1.165) is 17.1 Å². The fourth-order valence-corrected chi connectivity index (χ4v) is 10.5. The zero-order valence-corrected chi connectivity index (χ0v) is 31.4. The van der Waals surface area contributed by atoms with Gasteiger partial charge >= 0.3 is 0 Å². The standard InChI is InChI=1S/C52H33NS2/c1-2-12-41-35(10-1)11-9-16-42(41)36-22-28-40(29-23-36)53(39-26-20-34(21-27-39)37-24-30-46-44-14-4-7-18-49(44)54-51(46)32-37)48-17-6-3-13-43(48)38-25-31-47-45-15-5-8-19-50(45)55-52(47)33-38/h1-33H. The van der Waals surface area contributed by atoms with E-state index >= 15 is 0 Å². The monoisotopic (exact) mass is 735 g/mol. The predicted octanol–water partition coefficient (Wildman–Crippen LogP) is 16.0. The van der Waals surface area contributed by atoms with Gasteiger partial charge in [0, 0.05) is 57.3 Å². The average Bonchev–Trinajstić information content (AvgIpc) is 3.82. The van der Waals surface area contributed by atoms with E-state index < -0.39 is 0 Å². The van der Waals surface area contributed by atoms with Crippen molar-refractivity contribution in [3.05, 3.63) is 200 Å². The van der Waals surface area contributed by atoms with Crippen molar-refractivity contribution in [2.75, 3.05) is 4.90 Å². The van der Waals surface area contributed by atoms with Crippen molar-refractivity contribution in [3.8, 4) is 33.4 Å². The topological polar surface area (TPSA) is 3.24 Å². The van der Waals surface area contributed by atoms with Crippen LogP contribution in [0.3, 0.4) is 0 Å². The summed E-state index contributed by atoms with van der Waals surface area (Å²) in [6.07, 6.45) is 0. The van der Waals surface area contributed by atoms with E-state index in [2.05, 4.69) is 205 Å². The van der Waals surface area contributed by atoms with Crippen molar-refractivity contribution < 1.29 is 0 Å². The third-order valence-corrected chi connectivity index (χ3v) is 13.2. The maximum atomic E-state index is 2.41. The first-order valence-electron chi connectivity index (χ1n) is 18.7. The lowest BCUT2D eigenvalue weighted by molar-refractivity contribution is 1.28. The molecule has 1 nitrogen and oxygen atoms in total. The van der Waals surface area contributed by atoms with Crippen LogP contribution in [0.5, 0.6) is 0 Å². The van der Waals surface area contributed by atoms with Gasteiger partial charge in [0.05, 0.1) is 5.69 Å². The van der Waals surface area contributed by atoms with Crippen LogP contribution in [0, 0.1) is 0 Å². The average molecular weight is 736 g/mol. The second-order valence-corrected chi connectivity index (χ2v) is 16.3. The van der Waals surface area contributed by atoms with Gasteiger partial charge < -0.3 is 4.90 Å². The van der Waals surface area contributed by atoms with Crippen LogP contribution in [0.2, 0.25) is 0 Å². The molecular weight excluding hydrogens is 703 g/mol. The summed E-state index contributed by atoms with van der Waals surface area (Å²) in [5, 5.41) is 7.80. The molecule has 0 N–H and O–H groups in total. The first-order chi connectivity index (χ1) is 27.2. The molecule has 2 heterocycles. The Labute approximate surface area is 327 Å². The van der Waals surface area contributed by atoms with Crippen LogP contribution < -0.4 is 4.90 Å². The van der Waals surface area contributed by atoms with E-state index in [9.17, 15) is 0 Å². The number of rotatable bonds is 6. The van der Waals surface area contributed by atoms with Gasteiger partial charge in [-0.1, -0.05) is 146 Å². The number of benzene rings is 9. The van der Waals surface area contributed by atoms with Gasteiger partial charge in [0.2, 0.25) is 0 Å². The van der Waals surface area contributed by atoms with Crippen molar-refractivity contribution in [1.82, 2.24) is 0 Å². The number of anilines is 3. The lowest BCUT2D eigenvalue weighted by atomic mass is 9.97. The van der Waals surface area contributed by atoms with Crippen molar-refractivity contribution in [2.45, 2.75) is 0 Å². The van der Waals surface area contributed by atoms with Crippen LogP contribution in [0.1, 0.15) is 0 Å². The summed E-state index contributed by atoms with van der Waals surface area (Å²) in [5.74, 6) is 0. The van der Waals surface area contributed by atoms with Crippen LogP contribution in [-0.2, 0) is 0 Å². The minimum Gasteiger partial charge on any atom is -0.310 e. The maximum Gasteiger partial charge on any atom is 0.0540 e. The third kappa shape index (κ3) is 5.51. The summed E-state index contributed by atoms with van der Waals surface area (Å²) in [6.45, 7) is 0. The maximum absolute atomic E-state index is 2.41. The normalized spacial score (nSPS) is 11.6.